The van der Waals surface area contributed by atoms with Gasteiger partial charge in [-0.15, -0.1) is 11.8 Å². The summed E-state index contributed by atoms with van der Waals surface area (Å²) in [4.78, 5) is 20.5. The second-order valence-electron chi connectivity index (χ2n) is 4.73. The Labute approximate surface area is 121 Å². The van der Waals surface area contributed by atoms with E-state index in [1.54, 1.807) is 11.8 Å². The molecule has 0 fully saturated rings. The van der Waals surface area contributed by atoms with E-state index in [1.807, 2.05) is 38.1 Å². The van der Waals surface area contributed by atoms with Gasteiger partial charge in [0.15, 0.2) is 11.9 Å². The highest BCUT2D eigenvalue weighted by atomic mass is 32.2. The molecule has 0 aliphatic carbocycles. The third-order valence-electron chi connectivity index (χ3n) is 3.41. The molecule has 1 unspecified atom stereocenters. The lowest BCUT2D eigenvalue weighted by molar-refractivity contribution is 0.209. The zero-order chi connectivity index (χ0) is 14.1. The van der Waals surface area contributed by atoms with Crippen LogP contribution in [0.15, 0.2) is 34.0 Å². The first-order chi connectivity index (χ1) is 9.69. The number of ether oxygens (including phenoxy) is 1. The molecule has 104 valence electrons. The van der Waals surface area contributed by atoms with Crippen LogP contribution in [0.4, 0.5) is 0 Å². The Kier molecular flexibility index (Phi) is 3.53. The molecular formula is C15H16N2O2S. The number of aromatic amines is 1. The van der Waals surface area contributed by atoms with Crippen molar-refractivity contribution in [1.82, 2.24) is 9.97 Å². The van der Waals surface area contributed by atoms with E-state index >= 15 is 0 Å². The Bertz CT molecular complexity index is 697. The number of nitrogens with zero attached hydrogens (tertiary/aromatic N) is 1. The fourth-order valence-electron chi connectivity index (χ4n) is 2.36. The third kappa shape index (κ3) is 2.33. The van der Waals surface area contributed by atoms with Crippen molar-refractivity contribution in [3.8, 4) is 5.75 Å². The Morgan fingerprint density at radius 2 is 2.25 bits per heavy atom. The Morgan fingerprint density at radius 1 is 1.45 bits per heavy atom. The van der Waals surface area contributed by atoms with Gasteiger partial charge in [-0.05, 0) is 25.5 Å². The van der Waals surface area contributed by atoms with Crippen molar-refractivity contribution in [2.45, 2.75) is 31.3 Å². The van der Waals surface area contributed by atoms with E-state index in [4.69, 9.17) is 4.74 Å². The summed E-state index contributed by atoms with van der Waals surface area (Å²) in [6, 6.07) is 7.93. The van der Waals surface area contributed by atoms with Gasteiger partial charge in [-0.1, -0.05) is 19.1 Å². The number of fused-ring (bicyclic) bond motifs is 1. The molecule has 0 radical (unpaired) electrons. The van der Waals surface area contributed by atoms with Gasteiger partial charge in [0.2, 0.25) is 0 Å². The minimum atomic E-state index is -0.202. The minimum absolute atomic E-state index is 0.0533. The van der Waals surface area contributed by atoms with E-state index in [0.717, 1.165) is 27.7 Å². The zero-order valence-electron chi connectivity index (χ0n) is 11.5. The normalized spacial score (nSPS) is 17.4. The molecule has 4 nitrogen and oxygen atoms in total. The highest BCUT2D eigenvalue weighted by Gasteiger charge is 2.24. The summed E-state index contributed by atoms with van der Waals surface area (Å²) < 4.78 is 5.95. The molecule has 1 atom stereocenters. The quantitative estimate of drug-likeness (QED) is 0.923. The van der Waals surface area contributed by atoms with Crippen molar-refractivity contribution in [3.05, 3.63) is 51.7 Å². The van der Waals surface area contributed by atoms with Crippen molar-refractivity contribution in [2.75, 3.05) is 5.75 Å². The van der Waals surface area contributed by atoms with Gasteiger partial charge in [-0.25, -0.2) is 4.98 Å². The first-order valence-electron chi connectivity index (χ1n) is 6.67. The molecule has 2 aromatic rings. The number of H-pyrrole nitrogens is 1. The number of para-hydroxylation sites is 1. The first-order valence-corrected chi connectivity index (χ1v) is 7.65. The van der Waals surface area contributed by atoms with E-state index < -0.39 is 0 Å². The second-order valence-corrected chi connectivity index (χ2v) is 5.79. The molecule has 0 bridgehead atoms. The first kappa shape index (κ1) is 13.2. The molecule has 0 saturated carbocycles. The zero-order valence-corrected chi connectivity index (χ0v) is 12.3. The van der Waals surface area contributed by atoms with Crippen LogP contribution in [0.2, 0.25) is 0 Å². The highest BCUT2D eigenvalue weighted by Crippen LogP contribution is 2.39. The van der Waals surface area contributed by atoms with Crippen LogP contribution in [0, 0.1) is 6.92 Å². The summed E-state index contributed by atoms with van der Waals surface area (Å²) in [5.41, 5.74) is 1.48. The van der Waals surface area contributed by atoms with Gasteiger partial charge >= 0.3 is 0 Å². The van der Waals surface area contributed by atoms with E-state index in [9.17, 15) is 4.79 Å². The van der Waals surface area contributed by atoms with Crippen LogP contribution in [-0.2, 0) is 6.42 Å². The number of thioether (sulfide) groups is 1. The predicted molar refractivity (Wildman–Crippen MR) is 79.5 cm³/mol. The van der Waals surface area contributed by atoms with Crippen molar-refractivity contribution < 1.29 is 4.74 Å². The van der Waals surface area contributed by atoms with Crippen LogP contribution in [0.1, 0.15) is 30.1 Å². The summed E-state index contributed by atoms with van der Waals surface area (Å²) in [6.45, 7) is 3.84. The largest absolute Gasteiger partial charge is 0.480 e. The molecular weight excluding hydrogens is 272 g/mol. The molecule has 0 amide bonds. The molecule has 2 heterocycles. The van der Waals surface area contributed by atoms with Crippen molar-refractivity contribution in [3.63, 3.8) is 0 Å². The highest BCUT2D eigenvalue weighted by molar-refractivity contribution is 7.99. The van der Waals surface area contributed by atoms with Gasteiger partial charge < -0.3 is 9.72 Å². The lowest BCUT2D eigenvalue weighted by atomic mass is 10.2. The van der Waals surface area contributed by atoms with Crippen LogP contribution in [0.25, 0.3) is 0 Å². The van der Waals surface area contributed by atoms with Crippen LogP contribution < -0.4 is 10.3 Å². The fourth-order valence-corrected chi connectivity index (χ4v) is 3.35. The van der Waals surface area contributed by atoms with Crippen molar-refractivity contribution >= 4 is 11.8 Å². The van der Waals surface area contributed by atoms with Gasteiger partial charge in [0, 0.05) is 21.9 Å². The van der Waals surface area contributed by atoms with E-state index in [-0.39, 0.29) is 11.7 Å². The molecule has 1 aromatic carbocycles. The SMILES string of the molecule is CCc1c(C)nc(C2CSc3ccccc3O2)[nH]c1=O. The predicted octanol–water partition coefficient (Wildman–Crippen LogP) is 2.87. The number of aryl methyl sites for hydroxylation is 1. The summed E-state index contributed by atoms with van der Waals surface area (Å²) >= 11 is 1.73. The topological polar surface area (TPSA) is 55.0 Å². The van der Waals surface area contributed by atoms with Crippen LogP contribution in [0.5, 0.6) is 5.75 Å². The molecule has 1 N–H and O–H groups in total. The molecule has 5 heteroatoms. The van der Waals surface area contributed by atoms with Crippen LogP contribution in [-0.4, -0.2) is 15.7 Å². The number of hydrogen-bond donors (Lipinski definition) is 1. The van der Waals surface area contributed by atoms with E-state index in [2.05, 4.69) is 9.97 Å². The number of nitrogens with one attached hydrogen (secondary N) is 1. The maximum atomic E-state index is 12.0. The molecule has 0 saturated heterocycles. The summed E-state index contributed by atoms with van der Waals surface area (Å²) in [6.07, 6.45) is 0.490. The van der Waals surface area contributed by atoms with Crippen molar-refractivity contribution in [2.24, 2.45) is 0 Å². The average Bonchev–Trinajstić information content (AvgIpc) is 2.46. The van der Waals surface area contributed by atoms with E-state index in [0.29, 0.717) is 12.2 Å². The number of benzene rings is 1. The maximum absolute atomic E-state index is 12.0. The van der Waals surface area contributed by atoms with Gasteiger partial charge in [0.1, 0.15) is 5.75 Å². The second kappa shape index (κ2) is 5.32. The number of hydrogen-bond acceptors (Lipinski definition) is 4. The number of aromatic nitrogens is 2. The van der Waals surface area contributed by atoms with Gasteiger partial charge in [-0.3, -0.25) is 4.79 Å². The Balaban J connectivity index is 1.94. The summed E-state index contributed by atoms with van der Waals surface area (Å²) in [5.74, 6) is 2.23. The van der Waals surface area contributed by atoms with Gasteiger partial charge in [0.05, 0.1) is 0 Å². The van der Waals surface area contributed by atoms with Crippen LogP contribution in [0.3, 0.4) is 0 Å². The van der Waals surface area contributed by atoms with Crippen molar-refractivity contribution in [1.29, 1.82) is 0 Å². The lowest BCUT2D eigenvalue weighted by Crippen LogP contribution is -2.24. The third-order valence-corrected chi connectivity index (χ3v) is 4.53. The van der Waals surface area contributed by atoms with Gasteiger partial charge in [-0.2, -0.15) is 0 Å². The summed E-state index contributed by atoms with van der Waals surface area (Å²) in [7, 11) is 0. The molecule has 3 rings (SSSR count). The fraction of sp³-hybridized carbons (Fsp3) is 0.333. The summed E-state index contributed by atoms with van der Waals surface area (Å²) in [5, 5.41) is 0. The van der Waals surface area contributed by atoms with Gasteiger partial charge in [0.25, 0.3) is 5.56 Å². The Morgan fingerprint density at radius 3 is 3.00 bits per heavy atom. The monoisotopic (exact) mass is 288 g/mol. The maximum Gasteiger partial charge on any atom is 0.254 e. The minimum Gasteiger partial charge on any atom is -0.480 e. The number of rotatable bonds is 2. The smallest absolute Gasteiger partial charge is 0.254 e. The molecule has 1 aliphatic heterocycles. The standard InChI is InChI=1S/C15H16N2O2S/c1-3-10-9(2)16-14(17-15(10)18)12-8-20-13-7-5-4-6-11(13)19-12/h4-7,12H,3,8H2,1-2H3,(H,16,17,18). The lowest BCUT2D eigenvalue weighted by Gasteiger charge is -2.25. The molecule has 20 heavy (non-hydrogen) atoms. The van der Waals surface area contributed by atoms with E-state index in [1.165, 1.54) is 0 Å². The van der Waals surface area contributed by atoms with Crippen LogP contribution >= 0.6 is 11.8 Å². The Hall–Kier alpha value is -1.75. The average molecular weight is 288 g/mol. The molecule has 1 aromatic heterocycles. The molecule has 1 aliphatic rings. The molecule has 0 spiro atoms.